The van der Waals surface area contributed by atoms with E-state index in [0.29, 0.717) is 10.8 Å². The van der Waals surface area contributed by atoms with E-state index in [1.54, 1.807) is 12.3 Å². The van der Waals surface area contributed by atoms with Gasteiger partial charge in [-0.3, -0.25) is 9.36 Å². The molecule has 1 N–H and O–H groups in total. The third-order valence-corrected chi connectivity index (χ3v) is 3.87. The molecule has 1 aromatic carbocycles. The van der Waals surface area contributed by atoms with E-state index >= 15 is 0 Å². The van der Waals surface area contributed by atoms with Crippen LogP contribution in [0.4, 0.5) is 13.2 Å². The van der Waals surface area contributed by atoms with Crippen molar-refractivity contribution in [3.8, 4) is 5.69 Å². The van der Waals surface area contributed by atoms with Crippen LogP contribution in [0, 0.1) is 0 Å². The molecule has 0 unspecified atom stereocenters. The molecule has 0 saturated carbocycles. The van der Waals surface area contributed by atoms with Crippen LogP contribution in [0.2, 0.25) is 0 Å². The summed E-state index contributed by atoms with van der Waals surface area (Å²) in [4.78, 5) is 16.0. The van der Waals surface area contributed by atoms with Crippen molar-refractivity contribution in [3.05, 3.63) is 42.2 Å². The zero-order valence-electron chi connectivity index (χ0n) is 13.5. The Balaban J connectivity index is 2.15. The number of thioether (sulfide) groups is 1. The van der Waals surface area contributed by atoms with Crippen molar-refractivity contribution < 1.29 is 18.0 Å². The Morgan fingerprint density at radius 3 is 2.62 bits per heavy atom. The topological polar surface area (TPSA) is 46.9 Å². The van der Waals surface area contributed by atoms with Gasteiger partial charge in [0.25, 0.3) is 0 Å². The second kappa shape index (κ2) is 6.88. The van der Waals surface area contributed by atoms with Crippen LogP contribution < -0.4 is 5.32 Å². The average Bonchev–Trinajstić information content (AvgIpc) is 2.91. The number of amides is 1. The van der Waals surface area contributed by atoms with Crippen molar-refractivity contribution in [3.63, 3.8) is 0 Å². The Labute approximate surface area is 142 Å². The van der Waals surface area contributed by atoms with E-state index in [9.17, 15) is 18.0 Å². The van der Waals surface area contributed by atoms with E-state index in [0.717, 1.165) is 12.1 Å². The summed E-state index contributed by atoms with van der Waals surface area (Å²) < 4.78 is 40.0. The van der Waals surface area contributed by atoms with E-state index in [2.05, 4.69) is 10.3 Å². The van der Waals surface area contributed by atoms with Crippen LogP contribution in [0.15, 0.2) is 41.8 Å². The molecular weight excluding hydrogens is 339 g/mol. The molecule has 0 aliphatic rings. The number of halogens is 3. The first-order valence-corrected chi connectivity index (χ1v) is 8.19. The van der Waals surface area contributed by atoms with Gasteiger partial charge in [-0.15, -0.1) is 0 Å². The monoisotopic (exact) mass is 357 g/mol. The molecule has 0 aliphatic heterocycles. The minimum absolute atomic E-state index is 0.132. The SMILES string of the molecule is CC(C)(C)NC(=O)CSc1nccn1-c1cccc(C(F)(F)F)c1. The van der Waals surface area contributed by atoms with Crippen LogP contribution in [0.5, 0.6) is 0 Å². The number of aromatic nitrogens is 2. The van der Waals surface area contributed by atoms with Crippen molar-refractivity contribution in [2.45, 2.75) is 37.6 Å². The van der Waals surface area contributed by atoms with Gasteiger partial charge in [0, 0.05) is 23.6 Å². The Hall–Kier alpha value is -1.96. The van der Waals surface area contributed by atoms with Gasteiger partial charge in [0.1, 0.15) is 0 Å². The number of nitrogens with zero attached hydrogens (tertiary/aromatic N) is 2. The van der Waals surface area contributed by atoms with E-state index in [-0.39, 0.29) is 17.2 Å². The number of benzene rings is 1. The number of hydrogen-bond acceptors (Lipinski definition) is 3. The lowest BCUT2D eigenvalue weighted by atomic mass is 10.1. The van der Waals surface area contributed by atoms with Crippen LogP contribution in [0.25, 0.3) is 5.69 Å². The zero-order valence-corrected chi connectivity index (χ0v) is 14.3. The van der Waals surface area contributed by atoms with Gasteiger partial charge >= 0.3 is 6.18 Å². The largest absolute Gasteiger partial charge is 0.416 e. The lowest BCUT2D eigenvalue weighted by Gasteiger charge is -2.20. The first-order valence-electron chi connectivity index (χ1n) is 7.21. The fourth-order valence-electron chi connectivity index (χ4n) is 2.01. The number of carbonyl (C=O) groups excluding carboxylic acids is 1. The normalized spacial score (nSPS) is 12.2. The van der Waals surface area contributed by atoms with Gasteiger partial charge in [-0.2, -0.15) is 13.2 Å². The molecule has 24 heavy (non-hydrogen) atoms. The maximum absolute atomic E-state index is 12.8. The Morgan fingerprint density at radius 2 is 2.00 bits per heavy atom. The molecule has 130 valence electrons. The first-order chi connectivity index (χ1) is 11.1. The molecule has 4 nitrogen and oxygen atoms in total. The van der Waals surface area contributed by atoms with Gasteiger partial charge in [-0.1, -0.05) is 17.8 Å². The predicted molar refractivity (Wildman–Crippen MR) is 87.2 cm³/mol. The Kier molecular flexibility index (Phi) is 5.27. The molecule has 0 bridgehead atoms. The Morgan fingerprint density at radius 1 is 1.29 bits per heavy atom. The predicted octanol–water partition coefficient (Wildman–Crippen LogP) is 3.90. The molecule has 0 saturated heterocycles. The van der Waals surface area contributed by atoms with Crippen molar-refractivity contribution >= 4 is 17.7 Å². The summed E-state index contributed by atoms with van der Waals surface area (Å²) in [6.45, 7) is 5.62. The fraction of sp³-hybridized carbons (Fsp3) is 0.375. The summed E-state index contributed by atoms with van der Waals surface area (Å²) in [5, 5.41) is 3.28. The number of nitrogens with one attached hydrogen (secondary N) is 1. The molecule has 0 radical (unpaired) electrons. The molecule has 1 heterocycles. The van der Waals surface area contributed by atoms with Gasteiger partial charge in [0.15, 0.2) is 5.16 Å². The minimum Gasteiger partial charge on any atom is -0.351 e. The molecule has 1 amide bonds. The third-order valence-electron chi connectivity index (χ3n) is 2.91. The lowest BCUT2D eigenvalue weighted by molar-refractivity contribution is -0.137. The molecule has 0 atom stereocenters. The van der Waals surface area contributed by atoms with Crippen molar-refractivity contribution in [2.75, 3.05) is 5.75 Å². The third kappa shape index (κ3) is 5.02. The maximum atomic E-state index is 12.8. The number of rotatable bonds is 4. The van der Waals surface area contributed by atoms with Gasteiger partial charge in [0.2, 0.25) is 5.91 Å². The van der Waals surface area contributed by atoms with Crippen LogP contribution >= 0.6 is 11.8 Å². The van der Waals surface area contributed by atoms with Crippen molar-refractivity contribution in [2.24, 2.45) is 0 Å². The van der Waals surface area contributed by atoms with Crippen LogP contribution in [-0.4, -0.2) is 26.8 Å². The second-order valence-corrected chi connectivity index (χ2v) is 7.16. The van der Waals surface area contributed by atoms with Gasteiger partial charge in [-0.05, 0) is 39.0 Å². The average molecular weight is 357 g/mol. The summed E-state index contributed by atoms with van der Waals surface area (Å²) in [6, 6.07) is 4.99. The highest BCUT2D eigenvalue weighted by atomic mass is 32.2. The van der Waals surface area contributed by atoms with E-state index < -0.39 is 11.7 Å². The molecule has 0 aliphatic carbocycles. The summed E-state index contributed by atoms with van der Waals surface area (Å²) in [6.07, 6.45) is -1.35. The van der Waals surface area contributed by atoms with Gasteiger partial charge < -0.3 is 5.32 Å². The molecule has 2 rings (SSSR count). The highest BCUT2D eigenvalue weighted by Crippen LogP contribution is 2.31. The fourth-order valence-corrected chi connectivity index (χ4v) is 2.78. The van der Waals surface area contributed by atoms with Crippen molar-refractivity contribution in [1.29, 1.82) is 0 Å². The summed E-state index contributed by atoms with van der Waals surface area (Å²) in [5.74, 6) is -0.0288. The minimum atomic E-state index is -4.41. The molecule has 0 spiro atoms. The van der Waals surface area contributed by atoms with Crippen LogP contribution in [0.1, 0.15) is 26.3 Å². The quantitative estimate of drug-likeness (QED) is 0.845. The number of imidazole rings is 1. The van der Waals surface area contributed by atoms with Crippen molar-refractivity contribution in [1.82, 2.24) is 14.9 Å². The van der Waals surface area contributed by atoms with Gasteiger partial charge in [-0.25, -0.2) is 4.98 Å². The molecule has 1 aromatic heterocycles. The molecule has 2 aromatic rings. The summed E-state index contributed by atoms with van der Waals surface area (Å²) in [7, 11) is 0. The molecule has 8 heteroatoms. The van der Waals surface area contributed by atoms with Gasteiger partial charge in [0.05, 0.1) is 11.3 Å². The van der Waals surface area contributed by atoms with E-state index in [1.165, 1.54) is 28.6 Å². The second-order valence-electron chi connectivity index (χ2n) is 6.21. The first kappa shape index (κ1) is 18.4. The number of alkyl halides is 3. The number of carbonyl (C=O) groups is 1. The Bertz CT molecular complexity index is 720. The van der Waals surface area contributed by atoms with Crippen LogP contribution in [0.3, 0.4) is 0 Å². The smallest absolute Gasteiger partial charge is 0.351 e. The highest BCUT2D eigenvalue weighted by molar-refractivity contribution is 7.99. The highest BCUT2D eigenvalue weighted by Gasteiger charge is 2.30. The van der Waals surface area contributed by atoms with Crippen LogP contribution in [-0.2, 0) is 11.0 Å². The summed E-state index contributed by atoms with van der Waals surface area (Å²) in [5.41, 5.74) is -0.718. The van der Waals surface area contributed by atoms with E-state index in [1.807, 2.05) is 20.8 Å². The zero-order chi connectivity index (χ0) is 18.0. The molecular formula is C16H18F3N3OS. The lowest BCUT2D eigenvalue weighted by Crippen LogP contribution is -2.41. The molecule has 0 fully saturated rings. The standard InChI is InChI=1S/C16H18F3N3OS/c1-15(2,3)21-13(23)10-24-14-20-7-8-22(14)12-6-4-5-11(9-12)16(17,18)19/h4-9H,10H2,1-3H3,(H,21,23). The maximum Gasteiger partial charge on any atom is 0.416 e. The number of hydrogen-bond donors (Lipinski definition) is 1. The summed E-state index contributed by atoms with van der Waals surface area (Å²) >= 11 is 1.17. The van der Waals surface area contributed by atoms with E-state index in [4.69, 9.17) is 0 Å².